The minimum Gasteiger partial charge on any atom is -0.506 e. The zero-order valence-corrected chi connectivity index (χ0v) is 15.6. The molecule has 3 nitrogen and oxygen atoms in total. The largest absolute Gasteiger partial charge is 0.506 e. The van der Waals surface area contributed by atoms with Crippen LogP contribution in [0.2, 0.25) is 0 Å². The molecule has 3 heteroatoms. The number of phenols is 1. The second-order valence-electron chi connectivity index (χ2n) is 7.90. The van der Waals surface area contributed by atoms with E-state index in [9.17, 15) is 5.11 Å². The zero-order chi connectivity index (χ0) is 17.2. The van der Waals surface area contributed by atoms with E-state index in [1.54, 1.807) is 0 Å². The van der Waals surface area contributed by atoms with Gasteiger partial charge in [0.1, 0.15) is 5.75 Å². The number of rotatable bonds is 5. The van der Waals surface area contributed by atoms with Crippen molar-refractivity contribution in [3.05, 3.63) is 23.8 Å². The van der Waals surface area contributed by atoms with Gasteiger partial charge >= 0.3 is 0 Å². The summed E-state index contributed by atoms with van der Waals surface area (Å²) in [5.41, 5.74) is 2.71. The summed E-state index contributed by atoms with van der Waals surface area (Å²) < 4.78 is 0. The lowest BCUT2D eigenvalue weighted by atomic mass is 9.57. The van der Waals surface area contributed by atoms with Gasteiger partial charge in [-0.25, -0.2) is 0 Å². The van der Waals surface area contributed by atoms with Gasteiger partial charge < -0.3 is 15.3 Å². The maximum Gasteiger partial charge on any atom is 0.138 e. The summed E-state index contributed by atoms with van der Waals surface area (Å²) in [6, 6.07) is 6.75. The van der Waals surface area contributed by atoms with E-state index in [-0.39, 0.29) is 0 Å². The molecule has 2 fully saturated rings. The molecule has 0 radical (unpaired) electrons. The number of piperidine rings is 1. The van der Waals surface area contributed by atoms with E-state index < -0.39 is 0 Å². The van der Waals surface area contributed by atoms with Gasteiger partial charge in [-0.2, -0.15) is 0 Å². The number of phenolic OH excluding ortho intramolecular Hbond substituents is 1. The van der Waals surface area contributed by atoms with Gasteiger partial charge in [0.2, 0.25) is 0 Å². The van der Waals surface area contributed by atoms with Crippen LogP contribution in [0.4, 0.5) is 5.69 Å². The third-order valence-corrected chi connectivity index (χ3v) is 6.80. The smallest absolute Gasteiger partial charge is 0.138 e. The fourth-order valence-electron chi connectivity index (χ4n) is 5.49. The first kappa shape index (κ1) is 17.6. The molecule has 0 bridgehead atoms. The molecule has 0 spiro atoms. The first-order valence-electron chi connectivity index (χ1n) is 9.86. The molecule has 2 aliphatic rings. The Kier molecular flexibility index (Phi) is 5.39. The number of likely N-dealkylation sites (tertiary alicyclic amines) is 1. The van der Waals surface area contributed by atoms with Crippen molar-refractivity contribution in [1.29, 1.82) is 0 Å². The number of nitrogens with one attached hydrogen (secondary N) is 1. The van der Waals surface area contributed by atoms with E-state index in [1.165, 1.54) is 50.6 Å². The fraction of sp³-hybridized carbons (Fsp3) is 0.714. The van der Waals surface area contributed by atoms with Crippen LogP contribution < -0.4 is 5.32 Å². The van der Waals surface area contributed by atoms with E-state index in [2.05, 4.69) is 43.2 Å². The van der Waals surface area contributed by atoms with Gasteiger partial charge in [-0.15, -0.1) is 0 Å². The molecule has 3 rings (SSSR count). The molecule has 1 aliphatic carbocycles. The Labute approximate surface area is 147 Å². The monoisotopic (exact) mass is 330 g/mol. The average molecular weight is 331 g/mol. The molecule has 1 saturated carbocycles. The number of aromatic hydroxyl groups is 1. The summed E-state index contributed by atoms with van der Waals surface area (Å²) in [4.78, 5) is 2.62. The lowest BCUT2D eigenvalue weighted by Gasteiger charge is -2.56. The third kappa shape index (κ3) is 3.15. The Morgan fingerprint density at radius 2 is 2.08 bits per heavy atom. The highest BCUT2D eigenvalue weighted by Gasteiger charge is 2.49. The highest BCUT2D eigenvalue weighted by molar-refractivity contribution is 5.57. The van der Waals surface area contributed by atoms with Crippen LogP contribution >= 0.6 is 0 Å². The Bertz CT molecular complexity index is 559. The molecule has 1 aromatic rings. The van der Waals surface area contributed by atoms with Crippen LogP contribution in [0, 0.1) is 11.3 Å². The van der Waals surface area contributed by atoms with Crippen molar-refractivity contribution in [3.63, 3.8) is 0 Å². The molecule has 2 N–H and O–H groups in total. The Hall–Kier alpha value is -1.22. The molecular formula is C21H34N2O. The topological polar surface area (TPSA) is 35.5 Å². The predicted molar refractivity (Wildman–Crippen MR) is 102 cm³/mol. The normalized spacial score (nSPS) is 30.8. The molecule has 0 aromatic heterocycles. The van der Waals surface area contributed by atoms with Crippen LogP contribution in [0.1, 0.15) is 57.9 Å². The van der Waals surface area contributed by atoms with Crippen molar-refractivity contribution >= 4 is 5.69 Å². The van der Waals surface area contributed by atoms with Crippen LogP contribution in [-0.2, 0) is 6.42 Å². The van der Waals surface area contributed by atoms with Crippen molar-refractivity contribution in [2.24, 2.45) is 11.3 Å². The van der Waals surface area contributed by atoms with E-state index in [0.717, 1.165) is 24.6 Å². The SMILES string of the molecule is CCNc1cc(CC2N(C)CCC3CCCCC32CC)ccc1O. The van der Waals surface area contributed by atoms with Gasteiger partial charge in [0, 0.05) is 12.6 Å². The maximum absolute atomic E-state index is 10.0. The average Bonchev–Trinajstić information content (AvgIpc) is 2.60. The molecule has 3 atom stereocenters. The number of fused-ring (bicyclic) bond motifs is 1. The lowest BCUT2D eigenvalue weighted by Crippen LogP contribution is -2.57. The molecule has 134 valence electrons. The quantitative estimate of drug-likeness (QED) is 0.771. The van der Waals surface area contributed by atoms with Crippen LogP contribution in [0.5, 0.6) is 5.75 Å². The van der Waals surface area contributed by atoms with Crippen molar-refractivity contribution in [3.8, 4) is 5.75 Å². The predicted octanol–water partition coefficient (Wildman–Crippen LogP) is 4.66. The zero-order valence-electron chi connectivity index (χ0n) is 15.6. The Balaban J connectivity index is 1.87. The van der Waals surface area contributed by atoms with Crippen molar-refractivity contribution in [1.82, 2.24) is 4.90 Å². The van der Waals surface area contributed by atoms with Crippen LogP contribution in [-0.4, -0.2) is 36.2 Å². The Morgan fingerprint density at radius 3 is 2.83 bits per heavy atom. The minimum absolute atomic E-state index is 0.360. The van der Waals surface area contributed by atoms with E-state index in [0.29, 0.717) is 17.2 Å². The van der Waals surface area contributed by atoms with Crippen molar-refractivity contribution < 1.29 is 5.11 Å². The number of likely N-dealkylation sites (N-methyl/N-ethyl adjacent to an activating group) is 1. The summed E-state index contributed by atoms with van der Waals surface area (Å²) in [6.45, 7) is 6.54. The summed E-state index contributed by atoms with van der Waals surface area (Å²) in [5, 5.41) is 13.3. The lowest BCUT2D eigenvalue weighted by molar-refractivity contribution is -0.0544. The molecule has 3 unspecified atom stereocenters. The summed E-state index contributed by atoms with van der Waals surface area (Å²) in [5.74, 6) is 1.26. The number of hydrogen-bond acceptors (Lipinski definition) is 3. The number of nitrogens with zero attached hydrogens (tertiary/aromatic N) is 1. The van der Waals surface area contributed by atoms with E-state index in [1.807, 2.05) is 6.07 Å². The molecule has 1 aliphatic heterocycles. The Morgan fingerprint density at radius 1 is 1.25 bits per heavy atom. The number of anilines is 1. The maximum atomic E-state index is 10.0. The molecule has 1 heterocycles. The number of benzene rings is 1. The highest BCUT2D eigenvalue weighted by Crippen LogP contribution is 2.52. The molecule has 0 amide bonds. The molecule has 24 heavy (non-hydrogen) atoms. The minimum atomic E-state index is 0.360. The fourth-order valence-corrected chi connectivity index (χ4v) is 5.49. The van der Waals surface area contributed by atoms with Gasteiger partial charge in [0.05, 0.1) is 5.69 Å². The second kappa shape index (κ2) is 7.35. The van der Waals surface area contributed by atoms with Crippen LogP contribution in [0.15, 0.2) is 18.2 Å². The first-order chi connectivity index (χ1) is 11.6. The van der Waals surface area contributed by atoms with Gasteiger partial charge in [-0.1, -0.05) is 25.8 Å². The first-order valence-corrected chi connectivity index (χ1v) is 9.86. The summed E-state index contributed by atoms with van der Waals surface area (Å²) >= 11 is 0. The highest BCUT2D eigenvalue weighted by atomic mass is 16.3. The van der Waals surface area contributed by atoms with Crippen molar-refractivity contribution in [2.45, 2.75) is 64.8 Å². The van der Waals surface area contributed by atoms with Gasteiger partial charge in [0.25, 0.3) is 0 Å². The summed E-state index contributed by atoms with van der Waals surface area (Å²) in [6.07, 6.45) is 9.40. The van der Waals surface area contributed by atoms with Crippen LogP contribution in [0.3, 0.4) is 0 Å². The van der Waals surface area contributed by atoms with Crippen LogP contribution in [0.25, 0.3) is 0 Å². The molecular weight excluding hydrogens is 296 g/mol. The number of hydrogen-bond donors (Lipinski definition) is 2. The van der Waals surface area contributed by atoms with Gasteiger partial charge in [0.15, 0.2) is 0 Å². The second-order valence-corrected chi connectivity index (χ2v) is 7.90. The summed E-state index contributed by atoms with van der Waals surface area (Å²) in [7, 11) is 2.32. The third-order valence-electron chi connectivity index (χ3n) is 6.80. The molecule has 1 saturated heterocycles. The van der Waals surface area contributed by atoms with E-state index in [4.69, 9.17) is 0 Å². The van der Waals surface area contributed by atoms with Crippen molar-refractivity contribution in [2.75, 3.05) is 25.5 Å². The van der Waals surface area contributed by atoms with Gasteiger partial charge in [-0.05, 0) is 81.6 Å². The molecule has 1 aromatic carbocycles. The van der Waals surface area contributed by atoms with E-state index >= 15 is 0 Å². The standard InChI is InChI=1S/C21H34N2O/c1-4-21-12-7-6-8-17(21)11-13-23(3)20(21)15-16-9-10-19(24)18(14-16)22-5-2/h9-10,14,17,20,22,24H,4-8,11-13,15H2,1-3H3. The van der Waals surface area contributed by atoms with Gasteiger partial charge in [-0.3, -0.25) is 0 Å².